The molecule has 8 heteroatoms. The number of aryl methyl sites for hydroxylation is 2. The molecule has 4 rings (SSSR count). The molecule has 2 aliphatic rings. The van der Waals surface area contributed by atoms with Crippen molar-refractivity contribution in [2.45, 2.75) is 38.9 Å². The lowest BCUT2D eigenvalue weighted by Crippen LogP contribution is -2.65. The third-order valence-corrected chi connectivity index (χ3v) is 6.55. The van der Waals surface area contributed by atoms with E-state index in [9.17, 15) is 0 Å². The Morgan fingerprint density at radius 1 is 1.33 bits per heavy atom. The summed E-state index contributed by atoms with van der Waals surface area (Å²) < 4.78 is 11.9. The summed E-state index contributed by atoms with van der Waals surface area (Å²) in [6.07, 6.45) is 2.17. The highest BCUT2D eigenvalue weighted by molar-refractivity contribution is 7.15. The van der Waals surface area contributed by atoms with Crippen LogP contribution in [-0.2, 0) is 16.1 Å². The first-order valence-electron chi connectivity index (χ1n) is 8.32. The number of nitrogens with zero attached hydrogens (tertiary/aromatic N) is 4. The van der Waals surface area contributed by atoms with Gasteiger partial charge in [0.15, 0.2) is 0 Å². The van der Waals surface area contributed by atoms with E-state index < -0.39 is 0 Å². The number of thiazole rings is 1. The fourth-order valence-corrected chi connectivity index (χ4v) is 4.85. The van der Waals surface area contributed by atoms with Crippen molar-refractivity contribution in [3.05, 3.63) is 21.1 Å². The van der Waals surface area contributed by atoms with E-state index in [4.69, 9.17) is 9.47 Å². The zero-order valence-electron chi connectivity index (χ0n) is 14.0. The van der Waals surface area contributed by atoms with Crippen LogP contribution in [0.2, 0.25) is 0 Å². The van der Waals surface area contributed by atoms with E-state index in [0.29, 0.717) is 12.5 Å². The van der Waals surface area contributed by atoms with Gasteiger partial charge in [0.25, 0.3) is 0 Å². The van der Waals surface area contributed by atoms with Gasteiger partial charge < -0.3 is 14.4 Å². The Hall–Kier alpha value is -1.09. The largest absolute Gasteiger partial charge is 0.375 e. The molecule has 0 unspecified atom stereocenters. The van der Waals surface area contributed by atoms with Crippen LogP contribution in [0, 0.1) is 19.8 Å². The van der Waals surface area contributed by atoms with Gasteiger partial charge >= 0.3 is 0 Å². The molecule has 1 spiro atoms. The van der Waals surface area contributed by atoms with Crippen LogP contribution in [0.1, 0.15) is 28.6 Å². The number of anilines is 1. The van der Waals surface area contributed by atoms with Gasteiger partial charge in [-0.2, -0.15) is 0 Å². The van der Waals surface area contributed by atoms with Crippen LogP contribution in [0.5, 0.6) is 0 Å². The summed E-state index contributed by atoms with van der Waals surface area (Å²) in [6, 6.07) is 0. The summed E-state index contributed by atoms with van der Waals surface area (Å²) >= 11 is 3.33. The standard InChI is InChI=1S/C16H22N4O2S2/c1-11-17-14(8-23-11)7-21-5-3-13-4-6-22-16(13)9-20(10-16)15-19-18-12(2)24-15/h8,13H,3-7,9-10H2,1-2H3/t13-/m0/s1. The molecule has 0 amide bonds. The second-order valence-corrected chi connectivity index (χ2v) is 8.78. The number of aromatic nitrogens is 3. The number of ether oxygens (including phenoxy) is 2. The van der Waals surface area contributed by atoms with Crippen molar-refractivity contribution < 1.29 is 9.47 Å². The molecule has 4 heterocycles. The van der Waals surface area contributed by atoms with Gasteiger partial charge in [0, 0.05) is 18.6 Å². The Balaban J connectivity index is 1.25. The Labute approximate surface area is 149 Å². The highest BCUT2D eigenvalue weighted by Gasteiger charge is 2.53. The van der Waals surface area contributed by atoms with Crippen LogP contribution >= 0.6 is 22.7 Å². The van der Waals surface area contributed by atoms with Gasteiger partial charge in [-0.3, -0.25) is 0 Å². The summed E-state index contributed by atoms with van der Waals surface area (Å²) in [7, 11) is 0. The summed E-state index contributed by atoms with van der Waals surface area (Å²) in [5, 5.41) is 13.5. The maximum atomic E-state index is 6.11. The minimum atomic E-state index is 0.000153. The SMILES string of the molecule is Cc1nc(COCC[C@H]2CCOC23CN(c2nnc(C)s2)C3)cs1. The molecule has 6 nitrogen and oxygen atoms in total. The van der Waals surface area contributed by atoms with Gasteiger partial charge in [0.05, 0.1) is 30.4 Å². The normalized spacial score (nSPS) is 22.2. The Morgan fingerprint density at radius 2 is 2.21 bits per heavy atom. The number of hydrogen-bond donors (Lipinski definition) is 0. The fourth-order valence-electron chi connectivity index (χ4n) is 3.57. The predicted octanol–water partition coefficient (Wildman–Crippen LogP) is 2.81. The molecule has 1 atom stereocenters. The third-order valence-electron chi connectivity index (χ3n) is 4.83. The first-order valence-corrected chi connectivity index (χ1v) is 10.0. The van der Waals surface area contributed by atoms with Crippen LogP contribution in [0.15, 0.2) is 5.38 Å². The summed E-state index contributed by atoms with van der Waals surface area (Å²) in [6.45, 7) is 8.11. The Kier molecular flexibility index (Phi) is 4.55. The first-order chi connectivity index (χ1) is 11.6. The minimum Gasteiger partial charge on any atom is -0.375 e. The summed E-state index contributed by atoms with van der Waals surface area (Å²) in [5.74, 6) is 0.569. The van der Waals surface area contributed by atoms with E-state index in [0.717, 1.165) is 60.0 Å². The lowest BCUT2D eigenvalue weighted by Gasteiger charge is -2.50. The smallest absolute Gasteiger partial charge is 0.208 e. The molecule has 24 heavy (non-hydrogen) atoms. The molecule has 0 radical (unpaired) electrons. The van der Waals surface area contributed by atoms with Crippen LogP contribution in [-0.4, -0.2) is 47.1 Å². The molecule has 0 aromatic carbocycles. The third kappa shape index (κ3) is 3.20. The maximum Gasteiger partial charge on any atom is 0.208 e. The topological polar surface area (TPSA) is 60.4 Å². The molecular weight excluding hydrogens is 344 g/mol. The quantitative estimate of drug-likeness (QED) is 0.733. The van der Waals surface area contributed by atoms with E-state index in [2.05, 4.69) is 25.5 Å². The van der Waals surface area contributed by atoms with Crippen molar-refractivity contribution in [2.75, 3.05) is 31.2 Å². The molecule has 2 aromatic rings. The second-order valence-electron chi connectivity index (χ2n) is 6.56. The lowest BCUT2D eigenvalue weighted by atomic mass is 9.79. The zero-order valence-corrected chi connectivity index (χ0v) is 15.7. The molecule has 2 fully saturated rings. The van der Waals surface area contributed by atoms with Crippen LogP contribution in [0.4, 0.5) is 5.13 Å². The van der Waals surface area contributed by atoms with Crippen LogP contribution in [0.3, 0.4) is 0 Å². The van der Waals surface area contributed by atoms with E-state index in [1.54, 1.807) is 22.7 Å². The van der Waals surface area contributed by atoms with Gasteiger partial charge in [-0.25, -0.2) is 4.98 Å². The molecule has 0 aliphatic carbocycles. The van der Waals surface area contributed by atoms with Gasteiger partial charge in [0.1, 0.15) is 10.6 Å². The first kappa shape index (κ1) is 16.4. The Bertz CT molecular complexity index is 696. The van der Waals surface area contributed by atoms with Gasteiger partial charge in [0.2, 0.25) is 5.13 Å². The number of hydrogen-bond acceptors (Lipinski definition) is 8. The van der Waals surface area contributed by atoms with Gasteiger partial charge in [-0.1, -0.05) is 11.3 Å². The zero-order chi connectivity index (χ0) is 16.6. The molecule has 2 saturated heterocycles. The average molecular weight is 367 g/mol. The van der Waals surface area contributed by atoms with E-state index in [1.807, 2.05) is 13.8 Å². The second kappa shape index (κ2) is 6.67. The van der Waals surface area contributed by atoms with Crippen molar-refractivity contribution >= 4 is 27.8 Å². The fraction of sp³-hybridized carbons (Fsp3) is 0.688. The van der Waals surface area contributed by atoms with Crippen molar-refractivity contribution in [2.24, 2.45) is 5.92 Å². The van der Waals surface area contributed by atoms with Crippen molar-refractivity contribution in [1.29, 1.82) is 0 Å². The van der Waals surface area contributed by atoms with E-state index >= 15 is 0 Å². The highest BCUT2D eigenvalue weighted by atomic mass is 32.1. The van der Waals surface area contributed by atoms with Gasteiger partial charge in [-0.15, -0.1) is 21.5 Å². The molecule has 130 valence electrons. The number of rotatable bonds is 6. The summed E-state index contributed by atoms with van der Waals surface area (Å²) in [4.78, 5) is 6.71. The average Bonchev–Trinajstić information content (AvgIpc) is 3.22. The van der Waals surface area contributed by atoms with Crippen LogP contribution in [0.25, 0.3) is 0 Å². The van der Waals surface area contributed by atoms with E-state index in [-0.39, 0.29) is 5.60 Å². The van der Waals surface area contributed by atoms with Crippen molar-refractivity contribution in [1.82, 2.24) is 15.2 Å². The highest BCUT2D eigenvalue weighted by Crippen LogP contribution is 2.43. The predicted molar refractivity (Wildman–Crippen MR) is 94.8 cm³/mol. The van der Waals surface area contributed by atoms with Crippen molar-refractivity contribution in [3.8, 4) is 0 Å². The van der Waals surface area contributed by atoms with Crippen molar-refractivity contribution in [3.63, 3.8) is 0 Å². The molecule has 2 aliphatic heterocycles. The molecule has 0 saturated carbocycles. The maximum absolute atomic E-state index is 6.11. The van der Waals surface area contributed by atoms with E-state index in [1.165, 1.54) is 0 Å². The minimum absolute atomic E-state index is 0.000153. The molecule has 0 bridgehead atoms. The lowest BCUT2D eigenvalue weighted by molar-refractivity contribution is -0.0509. The molecular formula is C16H22N4O2S2. The molecule has 2 aromatic heterocycles. The van der Waals surface area contributed by atoms with Crippen LogP contribution < -0.4 is 4.90 Å². The Morgan fingerprint density at radius 3 is 2.92 bits per heavy atom. The monoisotopic (exact) mass is 366 g/mol. The van der Waals surface area contributed by atoms with Gasteiger partial charge in [-0.05, 0) is 32.6 Å². The summed E-state index contributed by atoms with van der Waals surface area (Å²) in [5.41, 5.74) is 1.04. The molecule has 0 N–H and O–H groups in total.